The van der Waals surface area contributed by atoms with Crippen LogP contribution in [0.15, 0.2) is 30.3 Å². The number of fused-ring (bicyclic) bond motifs is 1. The lowest BCUT2D eigenvalue weighted by atomic mass is 10.2. The summed E-state index contributed by atoms with van der Waals surface area (Å²) < 4.78 is 5.27. The van der Waals surface area contributed by atoms with Gasteiger partial charge in [0.2, 0.25) is 0 Å². The number of benzene rings is 1. The van der Waals surface area contributed by atoms with Crippen molar-refractivity contribution >= 4 is 16.7 Å². The second-order valence-corrected chi connectivity index (χ2v) is 3.26. The van der Waals surface area contributed by atoms with E-state index in [9.17, 15) is 0 Å². The van der Waals surface area contributed by atoms with Gasteiger partial charge in [-0.3, -0.25) is 0 Å². The molecule has 1 aromatic heterocycles. The molecule has 1 N–H and O–H groups in total. The molecule has 0 aliphatic rings. The molecule has 0 radical (unpaired) electrons. The van der Waals surface area contributed by atoms with Crippen molar-refractivity contribution in [2.24, 2.45) is 0 Å². The van der Waals surface area contributed by atoms with Gasteiger partial charge >= 0.3 is 0 Å². The first-order chi connectivity index (χ1) is 7.35. The Morgan fingerprint density at radius 2 is 2.13 bits per heavy atom. The van der Waals surface area contributed by atoms with Crippen LogP contribution in [0.1, 0.15) is 6.92 Å². The molecule has 0 bridgehead atoms. The Bertz CT molecular complexity index is 468. The van der Waals surface area contributed by atoms with Crippen LogP contribution < -0.4 is 10.1 Å². The third-order valence-electron chi connectivity index (χ3n) is 2.26. The first kappa shape index (κ1) is 9.77. The first-order valence-corrected chi connectivity index (χ1v) is 5.02. The van der Waals surface area contributed by atoms with Gasteiger partial charge in [0.15, 0.2) is 0 Å². The van der Waals surface area contributed by atoms with Crippen LogP contribution in [0.25, 0.3) is 10.9 Å². The van der Waals surface area contributed by atoms with Crippen LogP contribution >= 0.6 is 0 Å². The van der Waals surface area contributed by atoms with E-state index in [4.69, 9.17) is 4.74 Å². The number of nitrogens with one attached hydrogen (secondary N) is 1. The van der Waals surface area contributed by atoms with Crippen molar-refractivity contribution in [3.05, 3.63) is 30.3 Å². The maximum absolute atomic E-state index is 5.27. The Hall–Kier alpha value is -1.77. The van der Waals surface area contributed by atoms with Crippen LogP contribution in [0, 0.1) is 0 Å². The standard InChI is InChI=1S/C12H14N2O/c1-3-13-11-8-7-9-5-4-6-10(15-2)12(9)14-11/h4-8H,3H2,1-2H3,(H,13,14). The molecule has 78 valence electrons. The summed E-state index contributed by atoms with van der Waals surface area (Å²) in [6, 6.07) is 9.94. The molecule has 3 heteroatoms. The highest BCUT2D eigenvalue weighted by atomic mass is 16.5. The number of hydrogen-bond donors (Lipinski definition) is 1. The number of nitrogens with zero attached hydrogens (tertiary/aromatic N) is 1. The van der Waals surface area contributed by atoms with E-state index in [-0.39, 0.29) is 0 Å². The topological polar surface area (TPSA) is 34.1 Å². The van der Waals surface area contributed by atoms with Gasteiger partial charge in [0.25, 0.3) is 0 Å². The smallest absolute Gasteiger partial charge is 0.145 e. The lowest BCUT2D eigenvalue weighted by molar-refractivity contribution is 0.419. The zero-order valence-corrected chi connectivity index (χ0v) is 8.95. The van der Waals surface area contributed by atoms with E-state index >= 15 is 0 Å². The number of ether oxygens (including phenoxy) is 1. The van der Waals surface area contributed by atoms with E-state index in [0.29, 0.717) is 0 Å². The van der Waals surface area contributed by atoms with Crippen molar-refractivity contribution in [3.8, 4) is 5.75 Å². The van der Waals surface area contributed by atoms with E-state index in [0.717, 1.165) is 29.0 Å². The van der Waals surface area contributed by atoms with Crippen LogP contribution in [0.4, 0.5) is 5.82 Å². The summed E-state index contributed by atoms with van der Waals surface area (Å²) in [6.07, 6.45) is 0. The third-order valence-corrected chi connectivity index (χ3v) is 2.26. The molecule has 2 aromatic rings. The lowest BCUT2D eigenvalue weighted by Crippen LogP contribution is -1.99. The van der Waals surface area contributed by atoms with E-state index in [2.05, 4.69) is 10.3 Å². The minimum absolute atomic E-state index is 0.812. The SMILES string of the molecule is CCNc1ccc2cccc(OC)c2n1. The van der Waals surface area contributed by atoms with E-state index in [1.807, 2.05) is 37.3 Å². The van der Waals surface area contributed by atoms with Crippen molar-refractivity contribution in [2.75, 3.05) is 19.0 Å². The molecule has 0 aliphatic heterocycles. The summed E-state index contributed by atoms with van der Waals surface area (Å²) >= 11 is 0. The lowest BCUT2D eigenvalue weighted by Gasteiger charge is -2.07. The monoisotopic (exact) mass is 202 g/mol. The van der Waals surface area contributed by atoms with Crippen LogP contribution in [0.5, 0.6) is 5.75 Å². The summed E-state index contributed by atoms with van der Waals surface area (Å²) in [6.45, 7) is 2.92. The average Bonchev–Trinajstić information content (AvgIpc) is 2.28. The zero-order valence-electron chi connectivity index (χ0n) is 8.95. The average molecular weight is 202 g/mol. The number of methoxy groups -OCH3 is 1. The fourth-order valence-electron chi connectivity index (χ4n) is 1.56. The number of para-hydroxylation sites is 1. The largest absolute Gasteiger partial charge is 0.494 e. The van der Waals surface area contributed by atoms with Gasteiger partial charge in [-0.25, -0.2) is 4.98 Å². The Kier molecular flexibility index (Phi) is 2.72. The molecule has 0 spiro atoms. The molecule has 1 aromatic carbocycles. The highest BCUT2D eigenvalue weighted by molar-refractivity contribution is 5.85. The maximum atomic E-state index is 5.27. The molecule has 1 heterocycles. The van der Waals surface area contributed by atoms with Crippen LogP contribution in [-0.2, 0) is 0 Å². The highest BCUT2D eigenvalue weighted by Crippen LogP contribution is 2.24. The number of aromatic nitrogens is 1. The Morgan fingerprint density at radius 3 is 2.87 bits per heavy atom. The van der Waals surface area contributed by atoms with Crippen molar-refractivity contribution in [2.45, 2.75) is 6.92 Å². The maximum Gasteiger partial charge on any atom is 0.145 e. The molecule has 15 heavy (non-hydrogen) atoms. The van der Waals surface area contributed by atoms with Gasteiger partial charge in [0, 0.05) is 11.9 Å². The van der Waals surface area contributed by atoms with E-state index in [1.54, 1.807) is 7.11 Å². The summed E-state index contributed by atoms with van der Waals surface area (Å²) in [5.41, 5.74) is 0.901. The van der Waals surface area contributed by atoms with Crippen LogP contribution in [-0.4, -0.2) is 18.6 Å². The van der Waals surface area contributed by atoms with E-state index < -0.39 is 0 Å². The van der Waals surface area contributed by atoms with Crippen LogP contribution in [0.3, 0.4) is 0 Å². The summed E-state index contributed by atoms with van der Waals surface area (Å²) in [4.78, 5) is 4.50. The van der Waals surface area contributed by atoms with Crippen molar-refractivity contribution < 1.29 is 4.74 Å². The quantitative estimate of drug-likeness (QED) is 0.830. The Labute approximate surface area is 89.1 Å². The highest BCUT2D eigenvalue weighted by Gasteiger charge is 2.02. The summed E-state index contributed by atoms with van der Waals surface area (Å²) in [5.74, 6) is 1.70. The second-order valence-electron chi connectivity index (χ2n) is 3.26. The normalized spacial score (nSPS) is 10.3. The van der Waals surface area contributed by atoms with Gasteiger partial charge in [-0.05, 0) is 25.1 Å². The summed E-state index contributed by atoms with van der Waals surface area (Å²) in [7, 11) is 1.66. The predicted octanol–water partition coefficient (Wildman–Crippen LogP) is 2.68. The third kappa shape index (κ3) is 1.86. The van der Waals surface area contributed by atoms with Crippen molar-refractivity contribution in [1.82, 2.24) is 4.98 Å². The van der Waals surface area contributed by atoms with Gasteiger partial charge in [-0.15, -0.1) is 0 Å². The molecule has 0 saturated carbocycles. The zero-order chi connectivity index (χ0) is 10.7. The molecule has 0 atom stereocenters. The minimum atomic E-state index is 0.812. The second kappa shape index (κ2) is 4.17. The van der Waals surface area contributed by atoms with Crippen molar-refractivity contribution in [3.63, 3.8) is 0 Å². The molecule has 0 saturated heterocycles. The number of hydrogen-bond acceptors (Lipinski definition) is 3. The number of pyridine rings is 1. The van der Waals surface area contributed by atoms with Gasteiger partial charge in [0.1, 0.15) is 17.1 Å². The Morgan fingerprint density at radius 1 is 1.27 bits per heavy atom. The molecule has 0 unspecified atom stereocenters. The molecule has 3 nitrogen and oxygen atoms in total. The molecule has 2 rings (SSSR count). The first-order valence-electron chi connectivity index (χ1n) is 5.02. The molecular formula is C12H14N2O. The van der Waals surface area contributed by atoms with Crippen molar-refractivity contribution in [1.29, 1.82) is 0 Å². The van der Waals surface area contributed by atoms with Gasteiger partial charge in [-0.2, -0.15) is 0 Å². The molecule has 0 aliphatic carbocycles. The van der Waals surface area contributed by atoms with Crippen LogP contribution in [0.2, 0.25) is 0 Å². The summed E-state index contributed by atoms with van der Waals surface area (Å²) in [5, 5.41) is 4.28. The number of rotatable bonds is 3. The molecular weight excluding hydrogens is 188 g/mol. The fourth-order valence-corrected chi connectivity index (χ4v) is 1.56. The fraction of sp³-hybridized carbons (Fsp3) is 0.250. The molecule has 0 fully saturated rings. The van der Waals surface area contributed by atoms with Gasteiger partial charge in [0.05, 0.1) is 7.11 Å². The minimum Gasteiger partial charge on any atom is -0.494 e. The Balaban J connectivity index is 2.57. The predicted molar refractivity (Wildman–Crippen MR) is 62.5 cm³/mol. The van der Waals surface area contributed by atoms with E-state index in [1.165, 1.54) is 0 Å². The van der Waals surface area contributed by atoms with Gasteiger partial charge < -0.3 is 10.1 Å². The van der Waals surface area contributed by atoms with Gasteiger partial charge in [-0.1, -0.05) is 12.1 Å². The molecule has 0 amide bonds. The number of anilines is 1.